The average molecular weight is 208 g/mol. The number of halogens is 1. The van der Waals surface area contributed by atoms with Crippen molar-refractivity contribution in [3.63, 3.8) is 0 Å². The standard InChI is InChI=1S/C12H13FO2/c1-15-12-3-2-8(7-11(12)13)10-6-9(10)4-5-14/h2-3,5,7,9-10H,4,6H2,1H3. The van der Waals surface area contributed by atoms with Gasteiger partial charge in [-0.05, 0) is 36.0 Å². The summed E-state index contributed by atoms with van der Waals surface area (Å²) in [5, 5.41) is 0. The molecule has 1 aromatic rings. The van der Waals surface area contributed by atoms with Crippen LogP contribution in [-0.4, -0.2) is 13.4 Å². The van der Waals surface area contributed by atoms with E-state index in [0.717, 1.165) is 18.3 Å². The molecule has 1 aliphatic carbocycles. The molecule has 2 rings (SSSR count). The molecule has 0 aliphatic heterocycles. The Labute approximate surface area is 88.1 Å². The fraction of sp³-hybridized carbons (Fsp3) is 0.417. The molecular formula is C12H13FO2. The van der Waals surface area contributed by atoms with Crippen LogP contribution in [0.25, 0.3) is 0 Å². The van der Waals surface area contributed by atoms with Gasteiger partial charge in [0.05, 0.1) is 7.11 Å². The van der Waals surface area contributed by atoms with E-state index in [1.165, 1.54) is 13.2 Å². The third-order valence-electron chi connectivity index (χ3n) is 2.93. The highest BCUT2D eigenvalue weighted by atomic mass is 19.1. The molecule has 1 aliphatic rings. The lowest BCUT2D eigenvalue weighted by Crippen LogP contribution is -1.91. The van der Waals surface area contributed by atoms with Gasteiger partial charge in [0.25, 0.3) is 0 Å². The van der Waals surface area contributed by atoms with Crippen LogP contribution >= 0.6 is 0 Å². The lowest BCUT2D eigenvalue weighted by Gasteiger charge is -2.04. The normalized spacial score (nSPS) is 23.6. The Morgan fingerprint density at radius 2 is 2.40 bits per heavy atom. The summed E-state index contributed by atoms with van der Waals surface area (Å²) in [6.07, 6.45) is 2.51. The van der Waals surface area contributed by atoms with E-state index in [0.29, 0.717) is 18.3 Å². The number of hydrogen-bond donors (Lipinski definition) is 0. The number of rotatable bonds is 4. The largest absolute Gasteiger partial charge is 0.494 e. The summed E-state index contributed by atoms with van der Waals surface area (Å²) in [7, 11) is 1.45. The first kappa shape index (κ1) is 10.1. The number of carbonyl (C=O) groups is 1. The van der Waals surface area contributed by atoms with Crippen LogP contribution in [-0.2, 0) is 4.79 Å². The zero-order valence-corrected chi connectivity index (χ0v) is 8.57. The van der Waals surface area contributed by atoms with E-state index in [-0.39, 0.29) is 11.6 Å². The van der Waals surface area contributed by atoms with Gasteiger partial charge in [0.2, 0.25) is 0 Å². The van der Waals surface area contributed by atoms with Gasteiger partial charge in [0.1, 0.15) is 6.29 Å². The van der Waals surface area contributed by atoms with E-state index >= 15 is 0 Å². The zero-order valence-electron chi connectivity index (χ0n) is 8.57. The van der Waals surface area contributed by atoms with Gasteiger partial charge in [-0.3, -0.25) is 0 Å². The van der Waals surface area contributed by atoms with Crippen molar-refractivity contribution in [2.45, 2.75) is 18.8 Å². The van der Waals surface area contributed by atoms with Crippen molar-refractivity contribution in [2.24, 2.45) is 5.92 Å². The molecule has 1 aromatic carbocycles. The van der Waals surface area contributed by atoms with Gasteiger partial charge in [-0.25, -0.2) is 4.39 Å². The van der Waals surface area contributed by atoms with Gasteiger partial charge >= 0.3 is 0 Å². The lowest BCUT2D eigenvalue weighted by molar-refractivity contribution is -0.108. The number of carbonyl (C=O) groups excluding carboxylic acids is 1. The first-order valence-corrected chi connectivity index (χ1v) is 5.03. The molecular weight excluding hydrogens is 195 g/mol. The molecule has 1 fully saturated rings. The summed E-state index contributed by atoms with van der Waals surface area (Å²) in [4.78, 5) is 10.3. The quantitative estimate of drug-likeness (QED) is 0.711. The van der Waals surface area contributed by atoms with Crippen molar-refractivity contribution in [2.75, 3.05) is 7.11 Å². The number of ether oxygens (including phenoxy) is 1. The fourth-order valence-corrected chi connectivity index (χ4v) is 1.95. The summed E-state index contributed by atoms with van der Waals surface area (Å²) >= 11 is 0. The van der Waals surface area contributed by atoms with Crippen LogP contribution in [0.5, 0.6) is 5.75 Å². The van der Waals surface area contributed by atoms with Gasteiger partial charge < -0.3 is 9.53 Å². The van der Waals surface area contributed by atoms with Gasteiger partial charge in [0, 0.05) is 6.42 Å². The minimum Gasteiger partial charge on any atom is -0.494 e. The molecule has 0 amide bonds. The topological polar surface area (TPSA) is 26.3 Å². The Bertz CT molecular complexity index is 376. The molecule has 0 aromatic heterocycles. The minimum atomic E-state index is -0.327. The number of benzene rings is 1. The molecule has 0 radical (unpaired) electrons. The Morgan fingerprint density at radius 1 is 1.60 bits per heavy atom. The summed E-state index contributed by atoms with van der Waals surface area (Å²) in [6.45, 7) is 0. The maximum atomic E-state index is 13.4. The second kappa shape index (κ2) is 4.01. The Kier molecular flexibility index (Phi) is 2.71. The lowest BCUT2D eigenvalue weighted by atomic mass is 10.1. The van der Waals surface area contributed by atoms with Crippen molar-refractivity contribution in [1.29, 1.82) is 0 Å². The molecule has 0 heterocycles. The molecule has 15 heavy (non-hydrogen) atoms. The second-order valence-corrected chi connectivity index (χ2v) is 3.90. The van der Waals surface area contributed by atoms with E-state index in [1.807, 2.05) is 6.07 Å². The first-order chi connectivity index (χ1) is 7.26. The van der Waals surface area contributed by atoms with Crippen LogP contribution in [0.1, 0.15) is 24.3 Å². The molecule has 0 saturated heterocycles. The van der Waals surface area contributed by atoms with E-state index < -0.39 is 0 Å². The van der Waals surface area contributed by atoms with Crippen LogP contribution in [0.3, 0.4) is 0 Å². The zero-order chi connectivity index (χ0) is 10.8. The first-order valence-electron chi connectivity index (χ1n) is 5.03. The van der Waals surface area contributed by atoms with Gasteiger partial charge in [-0.1, -0.05) is 6.07 Å². The average Bonchev–Trinajstić information content (AvgIpc) is 2.98. The monoisotopic (exact) mass is 208 g/mol. The summed E-state index contributed by atoms with van der Waals surface area (Å²) < 4.78 is 18.2. The predicted molar refractivity (Wildman–Crippen MR) is 54.5 cm³/mol. The Morgan fingerprint density at radius 3 is 3.00 bits per heavy atom. The van der Waals surface area contributed by atoms with Gasteiger partial charge in [0.15, 0.2) is 11.6 Å². The molecule has 2 nitrogen and oxygen atoms in total. The Hall–Kier alpha value is -1.38. The number of hydrogen-bond acceptors (Lipinski definition) is 2. The highest BCUT2D eigenvalue weighted by molar-refractivity contribution is 5.51. The van der Waals surface area contributed by atoms with Gasteiger partial charge in [-0.2, -0.15) is 0 Å². The van der Waals surface area contributed by atoms with Crippen molar-refractivity contribution >= 4 is 6.29 Å². The molecule has 80 valence electrons. The van der Waals surface area contributed by atoms with E-state index in [4.69, 9.17) is 4.74 Å². The molecule has 2 atom stereocenters. The molecule has 0 spiro atoms. The SMILES string of the molecule is COc1ccc(C2CC2CC=O)cc1F. The summed E-state index contributed by atoms with van der Waals surface area (Å²) in [5.41, 5.74) is 0.972. The van der Waals surface area contributed by atoms with Crippen LogP contribution < -0.4 is 4.74 Å². The fourth-order valence-electron chi connectivity index (χ4n) is 1.95. The van der Waals surface area contributed by atoms with Crippen LogP contribution in [0, 0.1) is 11.7 Å². The molecule has 0 bridgehead atoms. The highest BCUT2D eigenvalue weighted by Gasteiger charge is 2.37. The third kappa shape index (κ3) is 2.01. The van der Waals surface area contributed by atoms with E-state index in [2.05, 4.69) is 0 Å². The minimum absolute atomic E-state index is 0.270. The van der Waals surface area contributed by atoms with Gasteiger partial charge in [-0.15, -0.1) is 0 Å². The van der Waals surface area contributed by atoms with Crippen molar-refractivity contribution in [3.05, 3.63) is 29.6 Å². The molecule has 1 saturated carbocycles. The van der Waals surface area contributed by atoms with Crippen LogP contribution in [0.2, 0.25) is 0 Å². The van der Waals surface area contributed by atoms with Crippen LogP contribution in [0.15, 0.2) is 18.2 Å². The smallest absolute Gasteiger partial charge is 0.165 e. The van der Waals surface area contributed by atoms with Crippen LogP contribution in [0.4, 0.5) is 4.39 Å². The Balaban J connectivity index is 2.11. The second-order valence-electron chi connectivity index (χ2n) is 3.90. The highest BCUT2D eigenvalue weighted by Crippen LogP contribution is 2.49. The maximum absolute atomic E-state index is 13.4. The third-order valence-corrected chi connectivity index (χ3v) is 2.93. The summed E-state index contributed by atoms with van der Waals surface area (Å²) in [5.74, 6) is 0.712. The summed E-state index contributed by atoms with van der Waals surface area (Å²) in [6, 6.07) is 5.02. The van der Waals surface area contributed by atoms with E-state index in [9.17, 15) is 9.18 Å². The predicted octanol–water partition coefficient (Wildman–Crippen LogP) is 2.53. The molecule has 2 unspecified atom stereocenters. The molecule has 0 N–H and O–H groups in total. The van der Waals surface area contributed by atoms with E-state index in [1.54, 1.807) is 6.07 Å². The number of aldehydes is 1. The van der Waals surface area contributed by atoms with Crippen molar-refractivity contribution in [1.82, 2.24) is 0 Å². The molecule has 3 heteroatoms. The number of methoxy groups -OCH3 is 1. The maximum Gasteiger partial charge on any atom is 0.165 e. The van der Waals surface area contributed by atoms with Crippen molar-refractivity contribution < 1.29 is 13.9 Å². The van der Waals surface area contributed by atoms with Crippen molar-refractivity contribution in [3.8, 4) is 5.75 Å².